The van der Waals surface area contributed by atoms with E-state index in [0.717, 1.165) is 5.56 Å². The first kappa shape index (κ1) is 10.9. The lowest BCUT2D eigenvalue weighted by atomic mass is 10.1. The topological polar surface area (TPSA) is 54.4 Å². The van der Waals surface area contributed by atoms with E-state index < -0.39 is 16.6 Å². The number of alkyl halides is 1. The van der Waals surface area contributed by atoms with Crippen molar-refractivity contribution in [3.05, 3.63) is 35.9 Å². The van der Waals surface area contributed by atoms with Gasteiger partial charge in [-0.1, -0.05) is 46.3 Å². The maximum atomic E-state index is 11.0. The van der Waals surface area contributed by atoms with Crippen molar-refractivity contribution in [3.63, 3.8) is 0 Å². The van der Waals surface area contributed by atoms with Crippen molar-refractivity contribution in [2.45, 2.75) is 11.2 Å². The molecule has 3 nitrogen and oxygen atoms in total. The third-order valence-electron chi connectivity index (χ3n) is 1.75. The second-order valence-electron chi connectivity index (χ2n) is 2.83. The van der Waals surface area contributed by atoms with E-state index in [1.54, 1.807) is 0 Å². The molecule has 1 unspecified atom stereocenters. The minimum atomic E-state index is -1.40. The summed E-state index contributed by atoms with van der Waals surface area (Å²) in [6.45, 7) is 0. The highest BCUT2D eigenvalue weighted by Gasteiger charge is 2.21. The van der Waals surface area contributed by atoms with E-state index in [4.69, 9.17) is 5.11 Å². The van der Waals surface area contributed by atoms with Crippen molar-refractivity contribution in [3.8, 4) is 0 Å². The number of carboxylic acid groups (broad SMARTS) is 1. The van der Waals surface area contributed by atoms with Crippen LogP contribution in [0.5, 0.6) is 0 Å². The van der Waals surface area contributed by atoms with E-state index in [2.05, 4.69) is 15.9 Å². The number of halogens is 1. The number of hydrogen-bond acceptors (Lipinski definition) is 2. The lowest BCUT2D eigenvalue weighted by molar-refractivity contribution is -0.148. The first-order valence-corrected chi connectivity index (χ1v) is 4.98. The molecule has 0 saturated heterocycles. The predicted octanol–water partition coefficient (Wildman–Crippen LogP) is 1.65. The van der Waals surface area contributed by atoms with Gasteiger partial charge in [0.05, 0.1) is 4.83 Å². The number of carboxylic acids is 1. The summed E-state index contributed by atoms with van der Waals surface area (Å²) >= 11 is 3.05. The second-order valence-corrected chi connectivity index (χ2v) is 3.93. The molecule has 1 rings (SSSR count). The molecular formula is C10H9BrO3. The van der Waals surface area contributed by atoms with Crippen LogP contribution in [0.3, 0.4) is 0 Å². The van der Waals surface area contributed by atoms with Crippen LogP contribution in [0.1, 0.15) is 5.56 Å². The number of carbonyl (C=O) groups is 2. The molecule has 0 spiro atoms. The van der Waals surface area contributed by atoms with Crippen LogP contribution >= 0.6 is 15.9 Å². The van der Waals surface area contributed by atoms with Crippen LogP contribution in [0, 0.1) is 0 Å². The van der Waals surface area contributed by atoms with Gasteiger partial charge in [-0.05, 0) is 12.0 Å². The molecule has 74 valence electrons. The fraction of sp³-hybridized carbons (Fsp3) is 0.200. The van der Waals surface area contributed by atoms with Gasteiger partial charge in [0.15, 0.2) is 0 Å². The standard InChI is InChI=1S/C10H9BrO3/c11-8(9(12)10(13)14)6-7-4-2-1-3-5-7/h1-5,8H,6H2,(H,13,14). The summed E-state index contributed by atoms with van der Waals surface area (Å²) in [6.07, 6.45) is 0.395. The Morgan fingerprint density at radius 1 is 1.29 bits per heavy atom. The normalized spacial score (nSPS) is 12.1. The third-order valence-corrected chi connectivity index (χ3v) is 2.49. The third kappa shape index (κ3) is 2.96. The summed E-state index contributed by atoms with van der Waals surface area (Å²) in [5.74, 6) is -2.21. The van der Waals surface area contributed by atoms with Gasteiger partial charge in [-0.2, -0.15) is 0 Å². The highest BCUT2D eigenvalue weighted by molar-refractivity contribution is 9.10. The minimum Gasteiger partial charge on any atom is -0.475 e. The zero-order valence-corrected chi connectivity index (χ0v) is 8.90. The van der Waals surface area contributed by atoms with E-state index >= 15 is 0 Å². The van der Waals surface area contributed by atoms with Gasteiger partial charge in [0.1, 0.15) is 0 Å². The average Bonchev–Trinajstić information content (AvgIpc) is 2.18. The van der Waals surface area contributed by atoms with Gasteiger partial charge in [-0.3, -0.25) is 4.79 Å². The molecule has 0 aliphatic heterocycles. The quantitative estimate of drug-likeness (QED) is 0.659. The zero-order chi connectivity index (χ0) is 10.6. The largest absolute Gasteiger partial charge is 0.475 e. The van der Waals surface area contributed by atoms with Crippen LogP contribution < -0.4 is 0 Å². The summed E-state index contributed by atoms with van der Waals surface area (Å²) in [4.78, 5) is 20.7. The molecule has 1 aromatic rings. The fourth-order valence-corrected chi connectivity index (χ4v) is 1.62. The highest BCUT2D eigenvalue weighted by atomic mass is 79.9. The first-order valence-electron chi connectivity index (χ1n) is 4.06. The Morgan fingerprint density at radius 3 is 2.36 bits per heavy atom. The van der Waals surface area contributed by atoms with Crippen LogP contribution in [0.15, 0.2) is 30.3 Å². The Morgan fingerprint density at radius 2 is 1.86 bits per heavy atom. The maximum Gasteiger partial charge on any atom is 0.373 e. The zero-order valence-electron chi connectivity index (χ0n) is 7.31. The van der Waals surface area contributed by atoms with Crippen molar-refractivity contribution < 1.29 is 14.7 Å². The van der Waals surface area contributed by atoms with Gasteiger partial charge in [0.2, 0.25) is 0 Å². The summed E-state index contributed by atoms with van der Waals surface area (Å²) in [6, 6.07) is 9.26. The summed E-state index contributed by atoms with van der Waals surface area (Å²) in [5, 5.41) is 8.45. The lowest BCUT2D eigenvalue weighted by Gasteiger charge is -2.04. The van der Waals surface area contributed by atoms with E-state index in [1.165, 1.54) is 0 Å². The maximum absolute atomic E-state index is 11.0. The molecule has 0 aromatic heterocycles. The molecule has 0 saturated carbocycles. The Hall–Kier alpha value is -1.16. The van der Waals surface area contributed by atoms with Crippen molar-refractivity contribution in [2.75, 3.05) is 0 Å². The SMILES string of the molecule is O=C(O)C(=O)C(Br)Cc1ccccc1. The van der Waals surface area contributed by atoms with Gasteiger partial charge in [-0.25, -0.2) is 4.79 Å². The molecule has 0 amide bonds. The van der Waals surface area contributed by atoms with Crippen LogP contribution in [0.4, 0.5) is 0 Å². The van der Waals surface area contributed by atoms with E-state index in [9.17, 15) is 9.59 Å². The molecule has 1 atom stereocenters. The van der Waals surface area contributed by atoms with Gasteiger partial charge >= 0.3 is 5.97 Å². The van der Waals surface area contributed by atoms with E-state index in [1.807, 2.05) is 30.3 Å². The number of aliphatic carboxylic acids is 1. The number of carbonyl (C=O) groups excluding carboxylic acids is 1. The molecule has 0 fully saturated rings. The van der Waals surface area contributed by atoms with Crippen LogP contribution in [0.2, 0.25) is 0 Å². The Labute approximate surface area is 89.9 Å². The summed E-state index contributed by atoms with van der Waals surface area (Å²) < 4.78 is 0. The van der Waals surface area contributed by atoms with Crippen molar-refractivity contribution in [1.29, 1.82) is 0 Å². The van der Waals surface area contributed by atoms with Crippen LogP contribution in [-0.2, 0) is 16.0 Å². The smallest absolute Gasteiger partial charge is 0.373 e. The molecular weight excluding hydrogens is 248 g/mol. The molecule has 0 aliphatic carbocycles. The predicted molar refractivity (Wildman–Crippen MR) is 55.5 cm³/mol. The van der Waals surface area contributed by atoms with Gasteiger partial charge in [0, 0.05) is 0 Å². The Balaban J connectivity index is 2.62. The van der Waals surface area contributed by atoms with E-state index in [0.29, 0.717) is 6.42 Å². The molecule has 14 heavy (non-hydrogen) atoms. The van der Waals surface area contributed by atoms with Gasteiger partial charge in [0.25, 0.3) is 5.78 Å². The van der Waals surface area contributed by atoms with Crippen molar-refractivity contribution >= 4 is 27.7 Å². The molecule has 0 bridgehead atoms. The fourth-order valence-electron chi connectivity index (χ4n) is 1.05. The first-order chi connectivity index (χ1) is 6.61. The van der Waals surface area contributed by atoms with Crippen LogP contribution in [-0.4, -0.2) is 21.7 Å². The second kappa shape index (κ2) is 4.91. The summed E-state index contributed by atoms with van der Waals surface area (Å²) in [5.41, 5.74) is 0.934. The number of rotatable bonds is 4. The number of hydrogen-bond donors (Lipinski definition) is 1. The molecule has 4 heteroatoms. The molecule has 1 aromatic carbocycles. The molecule has 1 N–H and O–H groups in total. The monoisotopic (exact) mass is 256 g/mol. The number of benzene rings is 1. The Kier molecular flexibility index (Phi) is 3.83. The molecule has 0 radical (unpaired) electrons. The van der Waals surface area contributed by atoms with Crippen molar-refractivity contribution in [1.82, 2.24) is 0 Å². The number of Topliss-reactive ketones (excluding diaryl/α,β-unsaturated/α-hetero) is 1. The summed E-state index contributed by atoms with van der Waals surface area (Å²) in [7, 11) is 0. The van der Waals surface area contributed by atoms with Gasteiger partial charge in [-0.15, -0.1) is 0 Å². The lowest BCUT2D eigenvalue weighted by Crippen LogP contribution is -2.25. The minimum absolute atomic E-state index is 0.395. The van der Waals surface area contributed by atoms with Gasteiger partial charge < -0.3 is 5.11 Å². The molecule has 0 aliphatic rings. The van der Waals surface area contributed by atoms with Crippen molar-refractivity contribution in [2.24, 2.45) is 0 Å². The number of ketones is 1. The Bertz CT molecular complexity index is 334. The highest BCUT2D eigenvalue weighted by Crippen LogP contribution is 2.10. The van der Waals surface area contributed by atoms with Crippen LogP contribution in [0.25, 0.3) is 0 Å². The van der Waals surface area contributed by atoms with E-state index in [-0.39, 0.29) is 0 Å². The molecule has 0 heterocycles. The average molecular weight is 257 g/mol.